The molecular weight excluding hydrogens is 223 g/mol. The number of hydrogen-bond acceptors (Lipinski definition) is 3. The van der Waals surface area contributed by atoms with E-state index in [1.54, 1.807) is 0 Å². The van der Waals surface area contributed by atoms with Gasteiger partial charge in [0.05, 0.1) is 6.08 Å². The van der Waals surface area contributed by atoms with Gasteiger partial charge in [0, 0.05) is 19.5 Å². The third-order valence-electron chi connectivity index (χ3n) is 3.09. The summed E-state index contributed by atoms with van der Waals surface area (Å²) in [6, 6.07) is 0. The van der Waals surface area contributed by atoms with Crippen LogP contribution in [0.25, 0.3) is 0 Å². The number of allylic oxidation sites excluding steroid dienone is 2. The fourth-order valence-corrected chi connectivity index (χ4v) is 2.07. The summed E-state index contributed by atoms with van der Waals surface area (Å²) in [4.78, 5) is 2.33. The van der Waals surface area contributed by atoms with E-state index in [1.807, 2.05) is 13.2 Å². The maximum atomic E-state index is 3.23. The molecule has 0 aliphatic carbocycles. The first kappa shape index (κ1) is 13.1. The van der Waals surface area contributed by atoms with Crippen LogP contribution in [-0.2, 0) is 0 Å². The van der Waals surface area contributed by atoms with Gasteiger partial charge >= 0.3 is 7.55 Å². The molecule has 0 aromatic rings. The molecule has 4 nitrogen and oxygen atoms in total. The molecule has 0 saturated heterocycles. The predicted octanol–water partition coefficient (Wildman–Crippen LogP) is 0.432. The van der Waals surface area contributed by atoms with Crippen molar-refractivity contribution in [3.63, 3.8) is 0 Å². The van der Waals surface area contributed by atoms with Crippen LogP contribution < -0.4 is 10.5 Å². The number of hydrogen-bond donors (Lipinski definition) is 2. The topological polar surface area (TPSA) is 30.3 Å². The molecule has 18 heavy (non-hydrogen) atoms. The predicted molar refractivity (Wildman–Crippen MR) is 76.3 cm³/mol. The van der Waals surface area contributed by atoms with E-state index in [2.05, 4.69) is 64.2 Å². The Morgan fingerprint density at radius 1 is 1.50 bits per heavy atom. The Morgan fingerprint density at radius 3 is 3.11 bits per heavy atom. The Kier molecular flexibility index (Phi) is 5.24. The average molecular weight is 244 g/mol. The monoisotopic (exact) mass is 244 g/mol. The van der Waals surface area contributed by atoms with E-state index < -0.39 is 0 Å². The third-order valence-corrected chi connectivity index (χ3v) is 3.09. The lowest BCUT2D eigenvalue weighted by Crippen LogP contribution is -2.48. The van der Waals surface area contributed by atoms with Gasteiger partial charge in [-0.2, -0.15) is 4.58 Å². The molecule has 0 amide bonds. The summed E-state index contributed by atoms with van der Waals surface area (Å²) in [7, 11) is 4.00. The van der Waals surface area contributed by atoms with Crippen LogP contribution in [-0.4, -0.2) is 49.5 Å². The van der Waals surface area contributed by atoms with Crippen molar-refractivity contribution in [3.05, 3.63) is 36.7 Å². The lowest BCUT2D eigenvalue weighted by Gasteiger charge is -2.25. The van der Waals surface area contributed by atoms with Crippen LogP contribution in [0.1, 0.15) is 12.8 Å². The molecule has 1 atom stereocenters. The van der Waals surface area contributed by atoms with Crippen LogP contribution in [0.5, 0.6) is 0 Å². The first-order valence-electron chi connectivity index (χ1n) is 6.50. The van der Waals surface area contributed by atoms with Crippen molar-refractivity contribution in [1.82, 2.24) is 15.4 Å². The second-order valence-corrected chi connectivity index (χ2v) is 4.42. The fourth-order valence-electron chi connectivity index (χ4n) is 2.07. The molecule has 2 aliphatic rings. The minimum absolute atomic E-state index is 0.426. The summed E-state index contributed by atoms with van der Waals surface area (Å²) in [6.07, 6.45) is 17.6. The minimum Gasteiger partial charge on any atom is -0.424 e. The van der Waals surface area contributed by atoms with Gasteiger partial charge in [0.2, 0.25) is 6.17 Å². The fraction of sp³-hybridized carbons (Fsp3) is 0.462. The molecule has 5 heteroatoms. The molecule has 0 aromatic heterocycles. The Hall–Kier alpha value is -1.33. The van der Waals surface area contributed by atoms with Gasteiger partial charge in [-0.15, -0.1) is 0 Å². The number of nitrogens with zero attached hydrogens (tertiary/aromatic N) is 2. The zero-order chi connectivity index (χ0) is 12.6. The highest BCUT2D eigenvalue weighted by atomic mass is 15.3. The van der Waals surface area contributed by atoms with E-state index in [0.29, 0.717) is 6.17 Å². The molecule has 0 saturated carbocycles. The van der Waals surface area contributed by atoms with E-state index in [9.17, 15) is 0 Å². The Balaban J connectivity index is 1.83. The van der Waals surface area contributed by atoms with Gasteiger partial charge in [0.1, 0.15) is 0 Å². The summed E-state index contributed by atoms with van der Waals surface area (Å²) in [5.41, 5.74) is 0. The van der Waals surface area contributed by atoms with Gasteiger partial charge in [0.25, 0.3) is 0 Å². The summed E-state index contributed by atoms with van der Waals surface area (Å²) in [5, 5.41) is 6.31. The van der Waals surface area contributed by atoms with Crippen LogP contribution >= 0.6 is 0 Å². The van der Waals surface area contributed by atoms with E-state index in [4.69, 9.17) is 0 Å². The molecule has 0 aromatic carbocycles. The molecule has 0 bridgehead atoms. The van der Waals surface area contributed by atoms with Crippen LogP contribution in [0, 0.1) is 0 Å². The quantitative estimate of drug-likeness (QED) is 0.403. The first-order chi connectivity index (χ1) is 8.92. The van der Waals surface area contributed by atoms with Gasteiger partial charge in [-0.3, -0.25) is 4.81 Å². The highest BCUT2D eigenvalue weighted by Gasteiger charge is 2.29. The number of nitrogens with one attached hydrogen (secondary N) is 2. The molecule has 2 aliphatic heterocycles. The second-order valence-electron chi connectivity index (χ2n) is 4.42. The average Bonchev–Trinajstić information content (AvgIpc) is 2.53. The van der Waals surface area contributed by atoms with Crippen molar-refractivity contribution < 1.29 is 4.58 Å². The van der Waals surface area contributed by atoms with E-state index in [-0.39, 0.29) is 0 Å². The SMILES string of the molecule is CNCC=CN[B]N1CC=CCCC1[N+]1=CC=C1. The van der Waals surface area contributed by atoms with Gasteiger partial charge in [0.15, 0.2) is 12.4 Å². The molecule has 1 radical (unpaired) electrons. The third kappa shape index (κ3) is 3.58. The largest absolute Gasteiger partial charge is 0.424 e. The molecular formula is C13H21BN4+. The van der Waals surface area contributed by atoms with Crippen LogP contribution in [0.2, 0.25) is 0 Å². The van der Waals surface area contributed by atoms with Crippen molar-refractivity contribution in [2.45, 2.75) is 19.0 Å². The number of rotatable bonds is 6. The maximum Gasteiger partial charge on any atom is 0.354 e. The zero-order valence-corrected chi connectivity index (χ0v) is 10.9. The van der Waals surface area contributed by atoms with Crippen LogP contribution in [0.3, 0.4) is 0 Å². The van der Waals surface area contributed by atoms with Crippen molar-refractivity contribution >= 4 is 13.8 Å². The maximum absolute atomic E-state index is 3.23. The molecule has 0 fully saturated rings. The molecule has 2 N–H and O–H groups in total. The van der Waals surface area contributed by atoms with Crippen molar-refractivity contribution in [2.24, 2.45) is 0 Å². The molecule has 1 unspecified atom stereocenters. The smallest absolute Gasteiger partial charge is 0.354 e. The zero-order valence-electron chi connectivity index (χ0n) is 10.9. The number of likely N-dealkylation sites (N-methyl/N-ethyl adjacent to an activating group) is 1. The normalized spacial score (nSPS) is 23.6. The van der Waals surface area contributed by atoms with Crippen LogP contribution in [0.4, 0.5) is 0 Å². The lowest BCUT2D eigenvalue weighted by atomic mass is 10.0. The second kappa shape index (κ2) is 7.19. The highest BCUT2D eigenvalue weighted by Crippen LogP contribution is 2.14. The Labute approximate surface area is 110 Å². The standard InChI is InChI=1S/C13H21BN4/c1-15-8-5-9-16-14-18-12-4-2-3-7-13(18)17-10-6-11-17/h2,4-6,9-11,13,15-16H,3,7-8,12H2,1H3/q+1. The van der Waals surface area contributed by atoms with E-state index in [0.717, 1.165) is 25.9 Å². The molecule has 2 heterocycles. The van der Waals surface area contributed by atoms with E-state index >= 15 is 0 Å². The van der Waals surface area contributed by atoms with Gasteiger partial charge < -0.3 is 10.5 Å². The summed E-state index contributed by atoms with van der Waals surface area (Å²) in [5.74, 6) is 0. The highest BCUT2D eigenvalue weighted by molar-refractivity contribution is 6.29. The van der Waals surface area contributed by atoms with Gasteiger partial charge in [-0.1, -0.05) is 18.2 Å². The summed E-state index contributed by atoms with van der Waals surface area (Å²) in [6.45, 7) is 1.84. The Morgan fingerprint density at radius 2 is 2.39 bits per heavy atom. The van der Waals surface area contributed by atoms with Gasteiger partial charge in [-0.05, 0) is 19.7 Å². The Bertz CT molecular complexity index is 373. The summed E-state index contributed by atoms with van der Waals surface area (Å²) >= 11 is 0. The first-order valence-corrected chi connectivity index (χ1v) is 6.50. The molecule has 2 rings (SSSR count). The van der Waals surface area contributed by atoms with E-state index in [1.165, 1.54) is 0 Å². The lowest BCUT2D eigenvalue weighted by molar-refractivity contribution is -0.527. The van der Waals surface area contributed by atoms with Gasteiger partial charge in [-0.25, -0.2) is 0 Å². The molecule has 95 valence electrons. The van der Waals surface area contributed by atoms with Crippen molar-refractivity contribution in [1.29, 1.82) is 0 Å². The minimum atomic E-state index is 0.426. The molecule has 0 spiro atoms. The van der Waals surface area contributed by atoms with Crippen molar-refractivity contribution in [3.8, 4) is 0 Å². The summed E-state index contributed by atoms with van der Waals surface area (Å²) < 4.78 is 2.27. The van der Waals surface area contributed by atoms with Crippen molar-refractivity contribution in [2.75, 3.05) is 20.1 Å². The van der Waals surface area contributed by atoms with Crippen LogP contribution in [0.15, 0.2) is 36.7 Å².